The van der Waals surface area contributed by atoms with Crippen molar-refractivity contribution in [2.45, 2.75) is 46.5 Å². The maximum atomic E-state index is 15.2. The van der Waals surface area contributed by atoms with Crippen LogP contribution in [0.15, 0.2) is 72.3 Å². The zero-order valence-corrected chi connectivity index (χ0v) is 33.6. The number of nitrogens with zero attached hydrogens (tertiary/aromatic N) is 4. The highest BCUT2D eigenvalue weighted by Gasteiger charge is 2.68. The molecule has 2 aliphatic carbocycles. The molecule has 286 valence electrons. The number of thiophene rings is 1. The van der Waals surface area contributed by atoms with Crippen molar-refractivity contribution in [3.63, 3.8) is 0 Å². The van der Waals surface area contributed by atoms with E-state index in [4.69, 9.17) is 33.0 Å². The summed E-state index contributed by atoms with van der Waals surface area (Å²) in [4.78, 5) is 62.2. The zero-order chi connectivity index (χ0) is 39.5. The number of hydrogen-bond acceptors (Lipinski definition) is 8. The van der Waals surface area contributed by atoms with Gasteiger partial charge in [0.15, 0.2) is 11.5 Å². The van der Waals surface area contributed by atoms with Crippen molar-refractivity contribution < 1.29 is 29.0 Å². The largest absolute Gasteiger partial charge is 0.504 e. The summed E-state index contributed by atoms with van der Waals surface area (Å²) in [5.74, 6) is -4.31. The van der Waals surface area contributed by atoms with Gasteiger partial charge >= 0.3 is 0 Å². The number of aromatic hydroxyl groups is 1. The van der Waals surface area contributed by atoms with E-state index >= 15 is 4.79 Å². The minimum absolute atomic E-state index is 0.0528. The summed E-state index contributed by atoms with van der Waals surface area (Å²) >= 11 is 14.4. The van der Waals surface area contributed by atoms with E-state index in [1.165, 1.54) is 15.9 Å². The van der Waals surface area contributed by atoms with Crippen LogP contribution >= 0.6 is 34.5 Å². The molecule has 4 aliphatic rings. The number of carbonyl (C=O) groups excluding carboxylic acids is 4. The molecule has 5 aromatic rings. The fraction of sp³-hybridized carbons (Fsp3) is 0.326. The van der Waals surface area contributed by atoms with E-state index in [0.717, 1.165) is 31.7 Å². The topological polar surface area (TPSA) is 122 Å². The third kappa shape index (κ3) is 5.16. The summed E-state index contributed by atoms with van der Waals surface area (Å²) in [5.41, 5.74) is 3.06. The third-order valence-corrected chi connectivity index (χ3v) is 14.5. The number of phenols is 1. The lowest BCUT2D eigenvalue weighted by molar-refractivity contribution is -0.131. The standard InChI is InChI=1S/C43H38Cl2N4O6S/c1-6-55-33-15-22(8-13-32(33)50)37-25-11-12-26-36(41(53)48(39(26)51)24-10-7-20(2)30(45)17-24)28(25)18-29-40(52)49(42(54)43(29,37)4)35-19-31(46-47(35)5)38-21(3)27-16-23(44)9-14-34(27)56-38/h7-11,13-17,19,26,28-29,36-37,50H,6,12,18H2,1-5H3/t26-,28+,29-,36-,37-,43+/m0/s1. The Morgan fingerprint density at radius 1 is 0.946 bits per heavy atom. The van der Waals surface area contributed by atoms with Gasteiger partial charge in [0.05, 0.1) is 40.3 Å². The molecule has 0 unspecified atom stereocenters. The number of benzene rings is 3. The lowest BCUT2D eigenvalue weighted by atomic mass is 9.51. The summed E-state index contributed by atoms with van der Waals surface area (Å²) in [7, 11) is 1.72. The first-order valence-electron chi connectivity index (χ1n) is 18.7. The molecule has 6 atom stereocenters. The minimum atomic E-state index is -1.29. The number of imide groups is 2. The molecule has 3 aromatic carbocycles. The van der Waals surface area contributed by atoms with Gasteiger partial charge in [0.1, 0.15) is 11.5 Å². The normalized spacial score (nSPS) is 25.8. The number of amides is 4. The van der Waals surface area contributed by atoms with Gasteiger partial charge in [-0.05, 0) is 111 Å². The lowest BCUT2D eigenvalue weighted by Gasteiger charge is -2.49. The van der Waals surface area contributed by atoms with Crippen LogP contribution in [0.5, 0.6) is 11.5 Å². The zero-order valence-electron chi connectivity index (χ0n) is 31.3. The molecule has 1 N–H and O–H groups in total. The summed E-state index contributed by atoms with van der Waals surface area (Å²) in [5, 5.41) is 17.6. The Bertz CT molecular complexity index is 2600. The van der Waals surface area contributed by atoms with Gasteiger partial charge in [0, 0.05) is 33.8 Å². The van der Waals surface area contributed by atoms with Crippen molar-refractivity contribution in [1.29, 1.82) is 0 Å². The number of halogens is 2. The summed E-state index contributed by atoms with van der Waals surface area (Å²) in [6, 6.07) is 17.7. The Morgan fingerprint density at radius 2 is 1.73 bits per heavy atom. The molecular weight excluding hydrogens is 771 g/mol. The van der Waals surface area contributed by atoms with Crippen molar-refractivity contribution in [3.05, 3.63) is 99.0 Å². The molecule has 0 bridgehead atoms. The second-order valence-corrected chi connectivity index (χ2v) is 17.4. The number of carbonyl (C=O) groups is 4. The maximum absolute atomic E-state index is 15.2. The second kappa shape index (κ2) is 13.0. The van der Waals surface area contributed by atoms with Crippen LogP contribution < -0.4 is 14.5 Å². The number of allylic oxidation sites excluding steroid dienone is 2. The fourth-order valence-corrected chi connectivity index (χ4v) is 11.3. The summed E-state index contributed by atoms with van der Waals surface area (Å²) in [6.45, 7) is 7.80. The number of anilines is 2. The maximum Gasteiger partial charge on any atom is 0.242 e. The molecule has 9 rings (SSSR count). The predicted molar refractivity (Wildman–Crippen MR) is 216 cm³/mol. The highest BCUT2D eigenvalue weighted by atomic mass is 35.5. The number of ether oxygens (including phenoxy) is 1. The molecule has 4 amide bonds. The molecule has 2 saturated heterocycles. The average molecular weight is 810 g/mol. The van der Waals surface area contributed by atoms with E-state index in [2.05, 4.69) is 0 Å². The highest BCUT2D eigenvalue weighted by molar-refractivity contribution is 7.22. The van der Waals surface area contributed by atoms with Crippen molar-refractivity contribution in [3.8, 4) is 22.1 Å². The number of rotatable bonds is 6. The number of fused-ring (bicyclic) bond motifs is 5. The van der Waals surface area contributed by atoms with Gasteiger partial charge in [0.25, 0.3) is 0 Å². The Morgan fingerprint density at radius 3 is 2.48 bits per heavy atom. The van der Waals surface area contributed by atoms with Crippen LogP contribution in [0.4, 0.5) is 11.5 Å². The van der Waals surface area contributed by atoms with Gasteiger partial charge in [-0.15, -0.1) is 11.3 Å². The van der Waals surface area contributed by atoms with Crippen LogP contribution in [0, 0.1) is 42.9 Å². The first kappa shape index (κ1) is 36.7. The molecule has 2 aromatic heterocycles. The van der Waals surface area contributed by atoms with Crippen LogP contribution in [-0.2, 0) is 26.2 Å². The molecule has 3 fully saturated rings. The van der Waals surface area contributed by atoms with Crippen LogP contribution in [0.3, 0.4) is 0 Å². The van der Waals surface area contributed by atoms with Gasteiger partial charge in [-0.25, -0.2) is 9.80 Å². The Hall–Kier alpha value is -4.97. The fourth-order valence-electron chi connectivity index (χ4n) is 9.79. The molecule has 13 heteroatoms. The monoisotopic (exact) mass is 808 g/mol. The first-order chi connectivity index (χ1) is 26.7. The van der Waals surface area contributed by atoms with Crippen LogP contribution in [0.25, 0.3) is 20.7 Å². The van der Waals surface area contributed by atoms with Crippen molar-refractivity contribution in [2.24, 2.45) is 36.1 Å². The molecule has 0 radical (unpaired) electrons. The van der Waals surface area contributed by atoms with E-state index < -0.39 is 35.0 Å². The number of aryl methyl sites for hydroxylation is 3. The Labute approximate surface area is 337 Å². The van der Waals surface area contributed by atoms with Crippen molar-refractivity contribution in [2.75, 3.05) is 16.4 Å². The summed E-state index contributed by atoms with van der Waals surface area (Å²) < 4.78 is 8.41. The molecule has 1 saturated carbocycles. The molecule has 0 spiro atoms. The smallest absolute Gasteiger partial charge is 0.242 e. The van der Waals surface area contributed by atoms with Gasteiger partial charge in [-0.1, -0.05) is 47.0 Å². The number of hydrogen-bond donors (Lipinski definition) is 1. The van der Waals surface area contributed by atoms with E-state index in [1.54, 1.807) is 59.5 Å². The SMILES string of the molecule is CCOc1cc([C@H]2C3=CC[C@@H]4C(=O)N(c5ccc(C)c(Cl)c5)C(=O)[C@@H]4[C@@H]3C[C@H]3C(=O)N(c4cc(-c5sc6ccc(Cl)cc6c5C)nn4C)C(=O)[C@@]23C)ccc1O. The van der Waals surface area contributed by atoms with Gasteiger partial charge in [-0.2, -0.15) is 5.10 Å². The molecule has 4 heterocycles. The van der Waals surface area contributed by atoms with Crippen LogP contribution in [0.1, 0.15) is 49.3 Å². The molecule has 56 heavy (non-hydrogen) atoms. The Kier molecular flexibility index (Phi) is 8.54. The highest BCUT2D eigenvalue weighted by Crippen LogP contribution is 2.64. The molecular formula is C43H38Cl2N4O6S. The molecule has 2 aliphatic heterocycles. The lowest BCUT2D eigenvalue weighted by Crippen LogP contribution is -2.49. The van der Waals surface area contributed by atoms with Gasteiger partial charge < -0.3 is 9.84 Å². The summed E-state index contributed by atoms with van der Waals surface area (Å²) in [6.07, 6.45) is 2.49. The Balaban J connectivity index is 1.16. The number of aromatic nitrogens is 2. The van der Waals surface area contributed by atoms with E-state index in [9.17, 15) is 19.5 Å². The quantitative estimate of drug-likeness (QED) is 0.135. The van der Waals surface area contributed by atoms with Crippen LogP contribution in [-0.4, -0.2) is 45.1 Å². The second-order valence-electron chi connectivity index (χ2n) is 15.5. The third-order valence-electron chi connectivity index (χ3n) is 12.5. The van der Waals surface area contributed by atoms with E-state index in [-0.39, 0.29) is 41.5 Å². The van der Waals surface area contributed by atoms with E-state index in [0.29, 0.717) is 45.8 Å². The van der Waals surface area contributed by atoms with Crippen molar-refractivity contribution >= 4 is 79.8 Å². The van der Waals surface area contributed by atoms with Gasteiger partial charge in [-0.3, -0.25) is 23.9 Å². The van der Waals surface area contributed by atoms with E-state index in [1.807, 2.05) is 52.0 Å². The van der Waals surface area contributed by atoms with Gasteiger partial charge in [0.2, 0.25) is 23.6 Å². The number of phenolic OH excluding ortho intramolecular Hbond substituents is 1. The van der Waals surface area contributed by atoms with Crippen molar-refractivity contribution in [1.82, 2.24) is 9.78 Å². The average Bonchev–Trinajstić information content (AvgIpc) is 3.84. The first-order valence-corrected chi connectivity index (χ1v) is 20.2. The minimum Gasteiger partial charge on any atom is -0.504 e. The predicted octanol–water partition coefficient (Wildman–Crippen LogP) is 8.77. The molecule has 10 nitrogen and oxygen atoms in total. The van der Waals surface area contributed by atoms with Crippen LogP contribution in [0.2, 0.25) is 10.0 Å².